The molecule has 0 bridgehead atoms. The molecule has 1 heterocycles. The van der Waals surface area contributed by atoms with Gasteiger partial charge < -0.3 is 4.98 Å². The van der Waals surface area contributed by atoms with E-state index in [1.807, 2.05) is 30.3 Å². The summed E-state index contributed by atoms with van der Waals surface area (Å²) in [5.74, 6) is 0. The second kappa shape index (κ2) is 3.90. The molecule has 0 fully saturated rings. The summed E-state index contributed by atoms with van der Waals surface area (Å²) in [6.07, 6.45) is 1.59. The highest BCUT2D eigenvalue weighted by atomic mass is 35.5. The van der Waals surface area contributed by atoms with Gasteiger partial charge in [-0.25, -0.2) is 0 Å². The molecule has 1 N–H and O–H groups in total. The van der Waals surface area contributed by atoms with Crippen molar-refractivity contribution in [3.63, 3.8) is 0 Å². The van der Waals surface area contributed by atoms with Crippen LogP contribution in [0.5, 0.6) is 0 Å². The Labute approximate surface area is 91.6 Å². The van der Waals surface area contributed by atoms with Crippen molar-refractivity contribution in [2.24, 2.45) is 0 Å². The van der Waals surface area contributed by atoms with E-state index in [0.717, 1.165) is 11.3 Å². The van der Waals surface area contributed by atoms with E-state index < -0.39 is 0 Å². The van der Waals surface area contributed by atoms with Crippen LogP contribution in [0.3, 0.4) is 0 Å². The van der Waals surface area contributed by atoms with Crippen molar-refractivity contribution >= 4 is 23.8 Å². The van der Waals surface area contributed by atoms with Crippen LogP contribution in [0.15, 0.2) is 36.5 Å². The maximum absolute atomic E-state index is 5.98. The first-order valence-electron chi connectivity index (χ1n) is 4.07. The van der Waals surface area contributed by atoms with Crippen LogP contribution >= 0.6 is 23.8 Å². The lowest BCUT2D eigenvalue weighted by atomic mass is 10.2. The highest BCUT2D eigenvalue weighted by Crippen LogP contribution is 2.22. The van der Waals surface area contributed by atoms with Crippen molar-refractivity contribution in [3.05, 3.63) is 46.3 Å². The Kier molecular flexibility index (Phi) is 2.61. The molecule has 0 unspecified atom stereocenters. The van der Waals surface area contributed by atoms with Crippen molar-refractivity contribution < 1.29 is 0 Å². The van der Waals surface area contributed by atoms with Gasteiger partial charge >= 0.3 is 0 Å². The number of hydrogen-bond donors (Lipinski definition) is 1. The number of aromatic amines is 1. The largest absolute Gasteiger partial charge is 0.334 e. The fraction of sp³-hybridized carbons (Fsp3) is 0. The van der Waals surface area contributed by atoms with Crippen LogP contribution in [0.4, 0.5) is 0 Å². The van der Waals surface area contributed by atoms with Gasteiger partial charge in [0.15, 0.2) is 0 Å². The summed E-state index contributed by atoms with van der Waals surface area (Å²) < 4.78 is 0.537. The van der Waals surface area contributed by atoms with Crippen molar-refractivity contribution in [3.8, 4) is 11.3 Å². The summed E-state index contributed by atoms with van der Waals surface area (Å²) >= 11 is 10.9. The first-order valence-corrected chi connectivity index (χ1v) is 4.86. The monoisotopic (exact) mass is 222 g/mol. The minimum atomic E-state index is 0.476. The molecule has 0 saturated heterocycles. The zero-order valence-corrected chi connectivity index (χ0v) is 8.77. The van der Waals surface area contributed by atoms with Crippen LogP contribution in [-0.4, -0.2) is 9.97 Å². The lowest BCUT2D eigenvalue weighted by molar-refractivity contribution is 1.18. The molecule has 0 saturated carbocycles. The first-order chi connectivity index (χ1) is 6.77. The molecule has 2 nitrogen and oxygen atoms in total. The predicted molar refractivity (Wildman–Crippen MR) is 59.9 cm³/mol. The smallest absolute Gasteiger partial charge is 0.133 e. The van der Waals surface area contributed by atoms with Crippen LogP contribution in [0.1, 0.15) is 0 Å². The van der Waals surface area contributed by atoms with Crippen LogP contribution in [-0.2, 0) is 0 Å². The van der Waals surface area contributed by atoms with Crippen molar-refractivity contribution in [1.29, 1.82) is 0 Å². The molecule has 0 aliphatic carbocycles. The minimum Gasteiger partial charge on any atom is -0.334 e. The second-order valence-electron chi connectivity index (χ2n) is 2.78. The van der Waals surface area contributed by atoms with Gasteiger partial charge in [0.25, 0.3) is 0 Å². The Hall–Kier alpha value is -1.19. The third-order valence-corrected chi connectivity index (χ3v) is 2.28. The molecule has 0 aliphatic rings. The lowest BCUT2D eigenvalue weighted by Crippen LogP contribution is -1.87. The van der Waals surface area contributed by atoms with E-state index in [2.05, 4.69) is 9.97 Å². The van der Waals surface area contributed by atoms with E-state index in [-0.39, 0.29) is 0 Å². The molecule has 70 valence electrons. The quantitative estimate of drug-likeness (QED) is 0.749. The molecule has 0 spiro atoms. The molecule has 0 radical (unpaired) electrons. The van der Waals surface area contributed by atoms with E-state index in [1.54, 1.807) is 6.20 Å². The topological polar surface area (TPSA) is 28.7 Å². The Morgan fingerprint density at radius 3 is 2.57 bits per heavy atom. The van der Waals surface area contributed by atoms with Gasteiger partial charge in [0.05, 0.1) is 6.20 Å². The van der Waals surface area contributed by atoms with E-state index >= 15 is 0 Å². The van der Waals surface area contributed by atoms with E-state index in [0.29, 0.717) is 9.79 Å². The van der Waals surface area contributed by atoms with Crippen LogP contribution in [0.25, 0.3) is 11.3 Å². The number of halogens is 1. The highest BCUT2D eigenvalue weighted by Gasteiger charge is 2.03. The van der Waals surface area contributed by atoms with Crippen molar-refractivity contribution in [2.45, 2.75) is 0 Å². The number of nitrogens with one attached hydrogen (secondary N) is 1. The van der Waals surface area contributed by atoms with Crippen molar-refractivity contribution in [2.75, 3.05) is 0 Å². The van der Waals surface area contributed by atoms with Crippen LogP contribution < -0.4 is 0 Å². The molecule has 0 aliphatic heterocycles. The Morgan fingerprint density at radius 2 is 1.93 bits per heavy atom. The highest BCUT2D eigenvalue weighted by molar-refractivity contribution is 7.71. The molecule has 2 rings (SSSR count). The summed E-state index contributed by atoms with van der Waals surface area (Å²) in [5, 5.41) is 0.476. The molecular formula is C10H7ClN2S. The number of benzene rings is 1. The third-order valence-electron chi connectivity index (χ3n) is 1.80. The molecule has 14 heavy (non-hydrogen) atoms. The Balaban J connectivity index is 2.58. The first kappa shape index (κ1) is 9.37. The standard InChI is InChI=1S/C10H7ClN2S/c11-10-9(12-6-8(14)13-10)7-4-2-1-3-5-7/h1-6H,(H,13,14). The zero-order chi connectivity index (χ0) is 9.97. The zero-order valence-electron chi connectivity index (χ0n) is 7.20. The van der Waals surface area contributed by atoms with Gasteiger partial charge in [0.1, 0.15) is 15.5 Å². The Morgan fingerprint density at radius 1 is 1.21 bits per heavy atom. The molecule has 1 aromatic carbocycles. The van der Waals surface area contributed by atoms with Gasteiger partial charge in [-0.3, -0.25) is 4.98 Å². The summed E-state index contributed by atoms with van der Waals surface area (Å²) in [7, 11) is 0. The maximum Gasteiger partial charge on any atom is 0.133 e. The maximum atomic E-state index is 5.98. The third kappa shape index (κ3) is 1.84. The van der Waals surface area contributed by atoms with Crippen LogP contribution in [0.2, 0.25) is 5.15 Å². The van der Waals surface area contributed by atoms with Crippen molar-refractivity contribution in [1.82, 2.24) is 9.97 Å². The molecule has 2 aromatic rings. The number of H-pyrrole nitrogens is 1. The number of hydrogen-bond acceptors (Lipinski definition) is 2. The normalized spacial score (nSPS) is 10.1. The summed E-state index contributed by atoms with van der Waals surface area (Å²) in [6.45, 7) is 0. The number of nitrogens with zero attached hydrogens (tertiary/aromatic N) is 1. The summed E-state index contributed by atoms with van der Waals surface area (Å²) in [6, 6.07) is 9.72. The number of rotatable bonds is 1. The SMILES string of the molecule is S=c1cnc(-c2ccccc2)c(Cl)[nH]1. The second-order valence-corrected chi connectivity index (χ2v) is 3.59. The van der Waals surface area contributed by atoms with E-state index in [1.165, 1.54) is 0 Å². The van der Waals surface area contributed by atoms with Gasteiger partial charge in [-0.15, -0.1) is 0 Å². The molecule has 0 atom stereocenters. The molecule has 0 amide bonds. The molecule has 1 aromatic heterocycles. The average molecular weight is 223 g/mol. The lowest BCUT2D eigenvalue weighted by Gasteiger charge is -2.01. The summed E-state index contributed by atoms with van der Waals surface area (Å²) in [5.41, 5.74) is 1.70. The fourth-order valence-corrected chi connectivity index (χ4v) is 1.65. The van der Waals surface area contributed by atoms with Crippen LogP contribution in [0, 0.1) is 4.64 Å². The van der Waals surface area contributed by atoms with Gasteiger partial charge in [-0.2, -0.15) is 0 Å². The fourth-order valence-electron chi connectivity index (χ4n) is 1.18. The predicted octanol–water partition coefficient (Wildman–Crippen LogP) is 3.46. The summed E-state index contributed by atoms with van der Waals surface area (Å²) in [4.78, 5) is 7.04. The molecular weight excluding hydrogens is 216 g/mol. The minimum absolute atomic E-state index is 0.476. The van der Waals surface area contributed by atoms with Gasteiger partial charge in [-0.05, 0) is 0 Å². The average Bonchev–Trinajstić information content (AvgIpc) is 2.19. The van der Waals surface area contributed by atoms with Gasteiger partial charge in [0, 0.05) is 5.56 Å². The van der Waals surface area contributed by atoms with E-state index in [9.17, 15) is 0 Å². The number of aromatic nitrogens is 2. The molecule has 4 heteroatoms. The van der Waals surface area contributed by atoms with Gasteiger partial charge in [-0.1, -0.05) is 54.2 Å². The van der Waals surface area contributed by atoms with E-state index in [4.69, 9.17) is 23.8 Å². The Bertz CT molecular complexity index is 493. The van der Waals surface area contributed by atoms with Gasteiger partial charge in [0.2, 0.25) is 0 Å².